The molecule has 0 amide bonds. The quantitative estimate of drug-likeness (QED) is 0.134. The van der Waals surface area contributed by atoms with Crippen molar-refractivity contribution in [3.8, 4) is 23.0 Å². The normalized spacial score (nSPS) is 16.0. The molecule has 2 heterocycles. The van der Waals surface area contributed by atoms with Crippen molar-refractivity contribution < 1.29 is 92.1 Å². The summed E-state index contributed by atoms with van der Waals surface area (Å²) < 4.78 is 1.48. The van der Waals surface area contributed by atoms with Crippen molar-refractivity contribution in [2.24, 2.45) is 9.98 Å². The van der Waals surface area contributed by atoms with Crippen molar-refractivity contribution in [2.45, 2.75) is 12.3 Å². The summed E-state index contributed by atoms with van der Waals surface area (Å²) in [5, 5.41) is 84.5. The van der Waals surface area contributed by atoms with Gasteiger partial charge in [0, 0.05) is 117 Å². The van der Waals surface area contributed by atoms with Crippen molar-refractivity contribution >= 4 is 123 Å². The summed E-state index contributed by atoms with van der Waals surface area (Å²) in [6.45, 7) is 5.54. The second-order valence-electron chi connectivity index (χ2n) is 13.2. The molecule has 25 heteroatoms. The maximum atomic E-state index is 13.6. The molecule has 4 aromatic carbocycles. The summed E-state index contributed by atoms with van der Waals surface area (Å²) in [6.07, 6.45) is 2.25. The molecule has 0 saturated carbocycles. The van der Waals surface area contributed by atoms with E-state index in [1.165, 1.54) is 12.4 Å². The van der Waals surface area contributed by atoms with Gasteiger partial charge in [0.15, 0.2) is 0 Å². The van der Waals surface area contributed by atoms with Gasteiger partial charge in [-0.2, -0.15) is 14.2 Å². The van der Waals surface area contributed by atoms with Gasteiger partial charge >= 0.3 is 51.2 Å². The molecular formula is C42H46Br4Cl4Cu3N6O8. The molecule has 0 bridgehead atoms. The molecule has 0 aromatic heterocycles. The monoisotopic (exact) mass is 1410 g/mol. The largest absolute Gasteiger partial charge is 2.00 e. The van der Waals surface area contributed by atoms with Crippen LogP contribution in [0.2, 0.25) is 20.1 Å². The van der Waals surface area contributed by atoms with Crippen molar-refractivity contribution in [3.05, 3.63) is 109 Å². The molecule has 0 spiro atoms. The smallest absolute Gasteiger partial charge is 0.871 e. The van der Waals surface area contributed by atoms with E-state index in [-0.39, 0.29) is 74.2 Å². The molecule has 2 atom stereocenters. The fraction of sp³-hybridized carbons (Fsp3) is 0.381. The summed E-state index contributed by atoms with van der Waals surface area (Å²) in [5.74, 6) is -0.709. The van der Waals surface area contributed by atoms with Crippen molar-refractivity contribution in [3.63, 3.8) is 0 Å². The zero-order valence-electron chi connectivity index (χ0n) is 36.0. The topological polar surface area (TPSA) is 216 Å². The number of hydrogen-bond acceptors (Lipinski definition) is 14. The molecule has 14 nitrogen and oxygen atoms in total. The van der Waals surface area contributed by atoms with E-state index >= 15 is 0 Å². The first-order valence-electron chi connectivity index (χ1n) is 19.0. The van der Waals surface area contributed by atoms with Crippen LogP contribution < -0.4 is 30.6 Å². The van der Waals surface area contributed by atoms with Crippen LogP contribution in [-0.4, -0.2) is 136 Å². The molecule has 2 saturated heterocycles. The standard InChI is InChI=1S/C38H36Br4Cl4N6O4.2CH4O.2CH3O.3Cu/c39-29-15-23(43)11-21(33(29)53)19-47-1-3-49-5-7-51(37(49)27-13-25(45)17-31(41)35(27)55)9-10-52-8-6-50(38(52)28-14-26(46)18-32(42)36(28)56)4-2-48-20-22-12-24(44)16-30(40)34(22)54;4*1-2;;;/h11-20,37-38,53-56H,1-10H2;2*2H,1H3;2*1H3;;;/q;;;2*-1;3*+2/p-4/t37-,38-;;;;;;;/m1......./s1. The molecule has 4 aromatic rings. The maximum absolute atomic E-state index is 13.6. The van der Waals surface area contributed by atoms with Crippen LogP contribution in [0.5, 0.6) is 23.0 Å². The molecule has 381 valence electrons. The second-order valence-corrected chi connectivity index (χ2v) is 18.3. The van der Waals surface area contributed by atoms with Gasteiger partial charge in [0.1, 0.15) is 0 Å². The van der Waals surface area contributed by atoms with E-state index in [0.717, 1.165) is 28.4 Å². The number of halogens is 8. The molecule has 2 aliphatic heterocycles. The third-order valence-electron chi connectivity index (χ3n) is 9.60. The van der Waals surface area contributed by atoms with Gasteiger partial charge in [0.05, 0.1) is 25.4 Å². The Morgan fingerprint density at radius 1 is 0.478 bits per heavy atom. The Morgan fingerprint density at radius 3 is 1.03 bits per heavy atom. The fourth-order valence-corrected chi connectivity index (χ4v) is 10.4. The van der Waals surface area contributed by atoms with Gasteiger partial charge < -0.3 is 40.9 Å². The number of nitrogens with zero attached hydrogens (tertiary/aromatic N) is 6. The number of aliphatic imine (C=N–C) groups is 2. The van der Waals surface area contributed by atoms with Crippen LogP contribution in [0.3, 0.4) is 0 Å². The van der Waals surface area contributed by atoms with Crippen LogP contribution in [0.15, 0.2) is 76.4 Å². The SMILES string of the molecule is CO.CO.C[O-].C[O-].[Cu+2].[Cu+2].[Cu+2].[O-]c1c(Br)cc(Cl)cc1C=NCCN1CCN(CCN2CCN(CCN=Cc3cc(Cl)cc(Br)c3[O-])[C@H]2c2cc(Cl)cc(Br)c2[O-])[C@@H]1c1cc(Cl)cc(Br)c1[O-]. The van der Waals surface area contributed by atoms with Crippen molar-refractivity contribution in [2.75, 3.05) is 93.9 Å². The Hall–Kier alpha value is -0.262. The summed E-state index contributed by atoms with van der Waals surface area (Å²) in [7, 11) is 3.50. The van der Waals surface area contributed by atoms with Crippen LogP contribution >= 0.6 is 110 Å². The molecular weight excluding hydrogens is 1370 g/mol. The van der Waals surface area contributed by atoms with Gasteiger partial charge in [-0.1, -0.05) is 133 Å². The predicted molar refractivity (Wildman–Crippen MR) is 259 cm³/mol. The summed E-state index contributed by atoms with van der Waals surface area (Å²) in [4.78, 5) is 17.9. The van der Waals surface area contributed by atoms with Gasteiger partial charge in [-0.15, -0.1) is 0 Å². The Labute approximate surface area is 477 Å². The minimum absolute atomic E-state index is 0. The van der Waals surface area contributed by atoms with Crippen LogP contribution in [0.1, 0.15) is 34.6 Å². The molecule has 67 heavy (non-hydrogen) atoms. The van der Waals surface area contributed by atoms with Crippen LogP contribution in [0, 0.1) is 0 Å². The Kier molecular flexibility index (Phi) is 36.8. The van der Waals surface area contributed by atoms with E-state index in [0.29, 0.717) is 126 Å². The molecule has 2 fully saturated rings. The zero-order valence-corrected chi connectivity index (χ0v) is 48.1. The van der Waals surface area contributed by atoms with Gasteiger partial charge in [-0.05, 0) is 70.8 Å². The van der Waals surface area contributed by atoms with Crippen LogP contribution in [0.4, 0.5) is 0 Å². The molecule has 2 aliphatic rings. The Balaban J connectivity index is 0. The van der Waals surface area contributed by atoms with E-state index < -0.39 is 12.3 Å². The van der Waals surface area contributed by atoms with E-state index in [9.17, 15) is 20.4 Å². The number of rotatable bonds is 13. The second kappa shape index (κ2) is 35.8. The van der Waals surface area contributed by atoms with E-state index in [1.54, 1.807) is 48.5 Å². The maximum Gasteiger partial charge on any atom is 2.00 e. The molecule has 2 N–H and O–H groups in total. The van der Waals surface area contributed by atoms with Crippen molar-refractivity contribution in [1.82, 2.24) is 19.6 Å². The van der Waals surface area contributed by atoms with Crippen LogP contribution in [-0.2, 0) is 51.2 Å². The zero-order chi connectivity index (χ0) is 48.3. The Morgan fingerprint density at radius 2 is 0.731 bits per heavy atom. The van der Waals surface area contributed by atoms with Gasteiger partial charge in [0.25, 0.3) is 0 Å². The molecule has 3 radical (unpaired) electrons. The van der Waals surface area contributed by atoms with E-state index in [2.05, 4.69) is 93.3 Å². The first kappa shape index (κ1) is 68.8. The summed E-state index contributed by atoms with van der Waals surface area (Å²) in [5.41, 5.74) is 1.84. The number of hydrogen-bond donors (Lipinski definition) is 2. The summed E-state index contributed by atoms with van der Waals surface area (Å²) in [6, 6.07) is 12.9. The fourth-order valence-electron chi connectivity index (χ4n) is 7.04. The first-order chi connectivity index (χ1) is 30.7. The Bertz CT molecular complexity index is 2040. The van der Waals surface area contributed by atoms with Crippen molar-refractivity contribution in [1.29, 1.82) is 0 Å². The third kappa shape index (κ3) is 19.6. The number of aliphatic hydroxyl groups excluding tert-OH is 2. The molecule has 6 rings (SSSR count). The van der Waals surface area contributed by atoms with E-state index in [1.807, 2.05) is 0 Å². The predicted octanol–water partition coefficient (Wildman–Crippen LogP) is 4.98. The number of benzene rings is 4. The third-order valence-corrected chi connectivity index (χ3v) is 12.8. The van der Waals surface area contributed by atoms with E-state index in [4.69, 9.17) is 66.8 Å². The first-order valence-corrected chi connectivity index (χ1v) is 23.7. The van der Waals surface area contributed by atoms with Gasteiger partial charge in [0.2, 0.25) is 0 Å². The minimum atomic E-state index is -0.401. The average Bonchev–Trinajstić information content (AvgIpc) is 3.89. The molecule has 0 unspecified atom stereocenters. The number of aliphatic hydroxyl groups is 2. The molecule has 0 aliphatic carbocycles. The van der Waals surface area contributed by atoms with Gasteiger partial charge in [-0.3, -0.25) is 29.6 Å². The average molecular weight is 1410 g/mol. The summed E-state index contributed by atoms with van der Waals surface area (Å²) >= 11 is 38.6. The van der Waals surface area contributed by atoms with Crippen LogP contribution in [0.25, 0.3) is 0 Å². The van der Waals surface area contributed by atoms with Gasteiger partial charge in [-0.25, -0.2) is 0 Å². The minimum Gasteiger partial charge on any atom is -0.871 e.